The van der Waals surface area contributed by atoms with E-state index < -0.39 is 17.2 Å². The average Bonchev–Trinajstić information content (AvgIpc) is 2.63. The van der Waals surface area contributed by atoms with Crippen LogP contribution >= 0.6 is 15.9 Å². The molecule has 0 aromatic heterocycles. The summed E-state index contributed by atoms with van der Waals surface area (Å²) in [4.78, 5) is 23.0. The van der Waals surface area contributed by atoms with E-state index in [4.69, 9.17) is 14.2 Å². The Balaban J connectivity index is 1.87. The topological polar surface area (TPSA) is 87.9 Å². The van der Waals surface area contributed by atoms with Crippen LogP contribution in [0.3, 0.4) is 0 Å². The Labute approximate surface area is 151 Å². The summed E-state index contributed by atoms with van der Waals surface area (Å²) in [7, 11) is 0. The largest absolute Gasteiger partial charge is 0.416 e. The van der Waals surface area contributed by atoms with Crippen molar-refractivity contribution in [1.82, 2.24) is 0 Å². The van der Waals surface area contributed by atoms with Gasteiger partial charge in [0.25, 0.3) is 0 Å². The predicted octanol–water partition coefficient (Wildman–Crippen LogP) is 4.01. The summed E-state index contributed by atoms with van der Waals surface area (Å²) in [5.41, 5.74) is 0.461. The highest BCUT2D eigenvalue weighted by molar-refractivity contribution is 9.10. The third-order valence-electron chi connectivity index (χ3n) is 3.58. The van der Waals surface area contributed by atoms with Crippen molar-refractivity contribution in [3.05, 3.63) is 68.2 Å². The molecule has 2 aromatic rings. The van der Waals surface area contributed by atoms with Gasteiger partial charge >= 0.3 is 11.7 Å². The lowest BCUT2D eigenvalue weighted by molar-refractivity contribution is -0.385. The summed E-state index contributed by atoms with van der Waals surface area (Å²) in [6, 6.07) is 11.0. The zero-order chi connectivity index (χ0) is 17.8. The standard InChI is InChI=1S/C17H14BrNO6/c18-13-5-2-1-4-12(13)16(20)25-15-7-6-11(10-14(15)19(21)22)17-23-8-3-9-24-17/h1-2,4-7,10,17H,3,8-9H2. The van der Waals surface area contributed by atoms with Crippen LogP contribution < -0.4 is 4.74 Å². The van der Waals surface area contributed by atoms with Crippen molar-refractivity contribution in [2.45, 2.75) is 12.7 Å². The minimum absolute atomic E-state index is 0.134. The van der Waals surface area contributed by atoms with Crippen LogP contribution in [-0.4, -0.2) is 24.1 Å². The van der Waals surface area contributed by atoms with E-state index in [1.807, 2.05) is 0 Å². The minimum Gasteiger partial charge on any atom is -0.416 e. The third-order valence-corrected chi connectivity index (χ3v) is 4.27. The van der Waals surface area contributed by atoms with Gasteiger partial charge in [-0.3, -0.25) is 10.1 Å². The molecule has 0 amide bonds. The Morgan fingerprint density at radius 1 is 1.20 bits per heavy atom. The number of ether oxygens (including phenoxy) is 3. The summed E-state index contributed by atoms with van der Waals surface area (Å²) >= 11 is 3.25. The van der Waals surface area contributed by atoms with Crippen molar-refractivity contribution in [2.75, 3.05) is 13.2 Å². The van der Waals surface area contributed by atoms with Crippen LogP contribution in [0.25, 0.3) is 0 Å². The number of nitrogens with zero attached hydrogens (tertiary/aromatic N) is 1. The maximum absolute atomic E-state index is 12.3. The fraction of sp³-hybridized carbons (Fsp3) is 0.235. The smallest absolute Gasteiger partial charge is 0.344 e. The molecule has 8 heteroatoms. The van der Waals surface area contributed by atoms with Gasteiger partial charge in [0, 0.05) is 16.1 Å². The Hall–Kier alpha value is -2.29. The van der Waals surface area contributed by atoms with Crippen LogP contribution in [0.5, 0.6) is 5.75 Å². The number of carbonyl (C=O) groups is 1. The fourth-order valence-corrected chi connectivity index (χ4v) is 2.82. The van der Waals surface area contributed by atoms with Crippen molar-refractivity contribution >= 4 is 27.6 Å². The summed E-state index contributed by atoms with van der Waals surface area (Å²) in [6.07, 6.45) is 0.126. The molecule has 1 aliphatic heterocycles. The van der Waals surface area contributed by atoms with Gasteiger partial charge in [-0.25, -0.2) is 4.79 Å². The predicted molar refractivity (Wildman–Crippen MR) is 91.5 cm³/mol. The number of nitro benzene ring substituents is 1. The van der Waals surface area contributed by atoms with Crippen molar-refractivity contribution in [3.8, 4) is 5.75 Å². The molecule has 7 nitrogen and oxygen atoms in total. The zero-order valence-electron chi connectivity index (χ0n) is 13.0. The van der Waals surface area contributed by atoms with E-state index in [1.54, 1.807) is 30.3 Å². The van der Waals surface area contributed by atoms with Gasteiger partial charge in [0.15, 0.2) is 6.29 Å². The normalized spacial score (nSPS) is 14.9. The first-order valence-corrected chi connectivity index (χ1v) is 8.34. The second-order valence-corrected chi connectivity index (χ2v) is 6.14. The van der Waals surface area contributed by atoms with E-state index in [2.05, 4.69) is 15.9 Å². The Morgan fingerprint density at radius 2 is 1.92 bits per heavy atom. The van der Waals surface area contributed by atoms with Gasteiger partial charge in [0.1, 0.15) is 0 Å². The van der Waals surface area contributed by atoms with E-state index in [-0.39, 0.29) is 17.0 Å². The number of halogens is 1. The highest BCUT2D eigenvalue weighted by atomic mass is 79.9. The zero-order valence-corrected chi connectivity index (χ0v) is 14.6. The molecule has 1 heterocycles. The number of hydrogen-bond donors (Lipinski definition) is 0. The number of rotatable bonds is 4. The summed E-state index contributed by atoms with van der Waals surface area (Å²) in [5.74, 6) is -0.821. The molecule has 0 radical (unpaired) electrons. The van der Waals surface area contributed by atoms with Crippen molar-refractivity contribution in [1.29, 1.82) is 0 Å². The van der Waals surface area contributed by atoms with Crippen LogP contribution in [0.15, 0.2) is 46.9 Å². The number of hydrogen-bond acceptors (Lipinski definition) is 6. The molecular weight excluding hydrogens is 394 g/mol. The van der Waals surface area contributed by atoms with E-state index in [9.17, 15) is 14.9 Å². The van der Waals surface area contributed by atoms with Crippen LogP contribution in [-0.2, 0) is 9.47 Å². The molecule has 0 N–H and O–H groups in total. The van der Waals surface area contributed by atoms with Gasteiger partial charge in [-0.15, -0.1) is 0 Å². The Bertz CT molecular complexity index is 803. The molecular formula is C17H14BrNO6. The van der Waals surface area contributed by atoms with Gasteiger partial charge in [0.2, 0.25) is 5.75 Å². The molecule has 1 saturated heterocycles. The molecule has 130 valence electrons. The van der Waals surface area contributed by atoms with Gasteiger partial charge in [-0.05, 0) is 46.6 Å². The number of benzene rings is 2. The summed E-state index contributed by atoms with van der Waals surface area (Å²) < 4.78 is 16.7. The summed E-state index contributed by atoms with van der Waals surface area (Å²) in [6.45, 7) is 1.05. The fourth-order valence-electron chi connectivity index (χ4n) is 2.37. The lowest BCUT2D eigenvalue weighted by atomic mass is 10.1. The van der Waals surface area contributed by atoms with Gasteiger partial charge in [-0.1, -0.05) is 12.1 Å². The highest BCUT2D eigenvalue weighted by Gasteiger charge is 2.24. The van der Waals surface area contributed by atoms with E-state index in [0.29, 0.717) is 23.2 Å². The summed E-state index contributed by atoms with van der Waals surface area (Å²) in [5, 5.41) is 11.4. The van der Waals surface area contributed by atoms with Crippen LogP contribution in [0.4, 0.5) is 5.69 Å². The molecule has 3 rings (SSSR count). The Kier molecular flexibility index (Phi) is 5.42. The lowest BCUT2D eigenvalue weighted by Gasteiger charge is -2.23. The van der Waals surface area contributed by atoms with Crippen molar-refractivity contribution in [2.24, 2.45) is 0 Å². The molecule has 0 bridgehead atoms. The maximum Gasteiger partial charge on any atom is 0.344 e. The Morgan fingerprint density at radius 3 is 2.60 bits per heavy atom. The van der Waals surface area contributed by atoms with E-state index >= 15 is 0 Å². The molecule has 1 fully saturated rings. The molecule has 0 unspecified atom stereocenters. The average molecular weight is 408 g/mol. The van der Waals surface area contributed by atoms with Crippen LogP contribution in [0.2, 0.25) is 0 Å². The second kappa shape index (κ2) is 7.73. The number of nitro groups is 1. The quantitative estimate of drug-likeness (QED) is 0.329. The number of carbonyl (C=O) groups excluding carboxylic acids is 1. The maximum atomic E-state index is 12.3. The molecule has 25 heavy (non-hydrogen) atoms. The molecule has 2 aromatic carbocycles. The SMILES string of the molecule is O=C(Oc1ccc(C2OCCCO2)cc1[N+](=O)[O-])c1ccccc1Br. The van der Waals surface area contributed by atoms with Crippen molar-refractivity contribution < 1.29 is 23.9 Å². The highest BCUT2D eigenvalue weighted by Crippen LogP contribution is 2.33. The molecule has 0 saturated carbocycles. The second-order valence-electron chi connectivity index (χ2n) is 5.28. The van der Waals surface area contributed by atoms with Crippen LogP contribution in [0.1, 0.15) is 28.6 Å². The van der Waals surface area contributed by atoms with E-state index in [1.165, 1.54) is 12.1 Å². The lowest BCUT2D eigenvalue weighted by Crippen LogP contribution is -2.18. The third kappa shape index (κ3) is 4.04. The molecule has 0 spiro atoms. The molecule has 0 aliphatic carbocycles. The van der Waals surface area contributed by atoms with Gasteiger partial charge < -0.3 is 14.2 Å². The van der Waals surface area contributed by atoms with Crippen molar-refractivity contribution in [3.63, 3.8) is 0 Å². The van der Waals surface area contributed by atoms with E-state index in [0.717, 1.165) is 6.42 Å². The first-order chi connectivity index (χ1) is 12.1. The first-order valence-electron chi connectivity index (χ1n) is 7.54. The molecule has 0 atom stereocenters. The van der Waals surface area contributed by atoms with Gasteiger partial charge in [-0.2, -0.15) is 0 Å². The first kappa shape index (κ1) is 17.5. The monoisotopic (exact) mass is 407 g/mol. The minimum atomic E-state index is -0.687. The number of esters is 1. The molecule has 1 aliphatic rings. The van der Waals surface area contributed by atoms with Gasteiger partial charge in [0.05, 0.1) is 23.7 Å². The van der Waals surface area contributed by atoms with Crippen LogP contribution in [0, 0.1) is 10.1 Å².